The molecule has 6 N–H and O–H groups in total. The predicted molar refractivity (Wildman–Crippen MR) is 56.2 cm³/mol. The van der Waals surface area contributed by atoms with Gasteiger partial charge < -0.3 is 26.2 Å². The van der Waals surface area contributed by atoms with Crippen LogP contribution in [-0.4, -0.2) is 41.6 Å². The van der Waals surface area contributed by atoms with Crippen molar-refractivity contribution in [3.8, 4) is 0 Å². The second-order valence-corrected chi connectivity index (χ2v) is 4.78. The van der Waals surface area contributed by atoms with Crippen LogP contribution in [0.4, 0.5) is 0 Å². The summed E-state index contributed by atoms with van der Waals surface area (Å²) in [5, 5.41) is 4.93. The summed E-state index contributed by atoms with van der Waals surface area (Å²) in [5.74, 6) is -0.422. The summed E-state index contributed by atoms with van der Waals surface area (Å²) in [5.41, 5.74) is 5.29. The van der Waals surface area contributed by atoms with Crippen molar-refractivity contribution in [2.24, 2.45) is 5.73 Å². The van der Waals surface area contributed by atoms with Gasteiger partial charge >= 0.3 is 7.60 Å². The smallest absolute Gasteiger partial charge is 0.343 e. The molecule has 0 aromatic heterocycles. The van der Waals surface area contributed by atoms with Gasteiger partial charge in [-0.3, -0.25) is 9.36 Å². The fourth-order valence-corrected chi connectivity index (χ4v) is 1.39. The second-order valence-electron chi connectivity index (χ2n) is 3.14. The van der Waals surface area contributed by atoms with Gasteiger partial charge in [0, 0.05) is 0 Å². The molecule has 0 aliphatic rings. The number of nitrogens with one attached hydrogen (secondary N) is 2. The molecule has 0 rings (SSSR count). The first-order valence-corrected chi connectivity index (χ1v) is 6.40. The highest BCUT2D eigenvalue weighted by Gasteiger charge is 2.19. The van der Waals surface area contributed by atoms with E-state index >= 15 is 0 Å². The zero-order valence-corrected chi connectivity index (χ0v) is 9.54. The highest BCUT2D eigenvalue weighted by atomic mass is 31.2. The van der Waals surface area contributed by atoms with Crippen molar-refractivity contribution < 1.29 is 19.1 Å². The summed E-state index contributed by atoms with van der Waals surface area (Å²) < 4.78 is 10.5. The molecule has 0 fully saturated rings. The number of carbonyl (C=O) groups is 1. The number of likely N-dealkylation sites (N-methyl/N-ethyl adjacent to an activating group) is 1. The van der Waals surface area contributed by atoms with Crippen molar-refractivity contribution in [1.29, 1.82) is 0 Å². The molecule has 7 nitrogen and oxygen atoms in total. The van der Waals surface area contributed by atoms with Gasteiger partial charge in [0.25, 0.3) is 0 Å². The van der Waals surface area contributed by atoms with Crippen LogP contribution < -0.4 is 16.4 Å². The van der Waals surface area contributed by atoms with Gasteiger partial charge in [0.05, 0.1) is 6.04 Å². The van der Waals surface area contributed by atoms with Crippen LogP contribution in [0.25, 0.3) is 0 Å². The van der Waals surface area contributed by atoms with E-state index < -0.39 is 25.8 Å². The van der Waals surface area contributed by atoms with Crippen molar-refractivity contribution in [1.82, 2.24) is 10.6 Å². The third-order valence-electron chi connectivity index (χ3n) is 1.82. The Labute approximate surface area is 88.6 Å². The Morgan fingerprint density at radius 3 is 2.53 bits per heavy atom. The molecule has 0 saturated heterocycles. The fourth-order valence-electron chi connectivity index (χ4n) is 1.03. The van der Waals surface area contributed by atoms with Crippen LogP contribution >= 0.6 is 7.60 Å². The lowest BCUT2D eigenvalue weighted by atomic mass is 10.1. The lowest BCUT2D eigenvalue weighted by Crippen LogP contribution is -2.43. The van der Waals surface area contributed by atoms with E-state index in [1.54, 1.807) is 7.05 Å². The number of hydrogen-bond donors (Lipinski definition) is 5. The Bertz CT molecular complexity index is 242. The molecule has 0 aromatic rings. The van der Waals surface area contributed by atoms with E-state index in [1.165, 1.54) is 0 Å². The fraction of sp³-hybridized carbons (Fsp3) is 0.857. The first kappa shape index (κ1) is 14.5. The maximum Gasteiger partial charge on any atom is 0.344 e. The summed E-state index contributed by atoms with van der Waals surface area (Å²) in [6.07, 6.45) is 0.585. The molecule has 1 atom stereocenters. The zero-order valence-electron chi connectivity index (χ0n) is 8.64. The van der Waals surface area contributed by atoms with Crippen LogP contribution in [0.2, 0.25) is 0 Å². The highest BCUT2D eigenvalue weighted by molar-refractivity contribution is 7.51. The first-order chi connectivity index (χ1) is 6.90. The number of nitrogens with two attached hydrogens (primary N) is 1. The second kappa shape index (κ2) is 6.92. The topological polar surface area (TPSA) is 125 Å². The van der Waals surface area contributed by atoms with E-state index in [4.69, 9.17) is 15.5 Å². The molecule has 0 radical (unpaired) electrons. The van der Waals surface area contributed by atoms with E-state index in [2.05, 4.69) is 10.6 Å². The van der Waals surface area contributed by atoms with E-state index in [0.717, 1.165) is 0 Å². The molecule has 0 unspecified atom stereocenters. The molecular formula is C7H18N3O4P. The Morgan fingerprint density at radius 1 is 1.53 bits per heavy atom. The lowest BCUT2D eigenvalue weighted by Gasteiger charge is -2.15. The molecular weight excluding hydrogens is 221 g/mol. The molecule has 0 saturated carbocycles. The van der Waals surface area contributed by atoms with Gasteiger partial charge in [-0.1, -0.05) is 0 Å². The average molecular weight is 239 g/mol. The number of hydrogen-bond acceptors (Lipinski definition) is 4. The molecule has 0 aliphatic heterocycles. The minimum atomic E-state index is -4.18. The highest BCUT2D eigenvalue weighted by Crippen LogP contribution is 2.31. The maximum atomic E-state index is 11.4. The number of carbonyl (C=O) groups excluding carboxylic acids is 1. The van der Waals surface area contributed by atoms with Crippen LogP contribution in [0.1, 0.15) is 12.8 Å². The Balaban J connectivity index is 3.99. The van der Waals surface area contributed by atoms with Crippen LogP contribution in [0, 0.1) is 0 Å². The molecule has 0 aromatic carbocycles. The summed E-state index contributed by atoms with van der Waals surface area (Å²) >= 11 is 0. The van der Waals surface area contributed by atoms with Crippen LogP contribution in [-0.2, 0) is 9.36 Å². The minimum absolute atomic E-state index is 0.422. The SMILES string of the molecule is CN[C@@H](CCCN)C(=O)NCP(=O)(O)O. The monoisotopic (exact) mass is 239 g/mol. The van der Waals surface area contributed by atoms with Gasteiger partial charge in [-0.15, -0.1) is 0 Å². The van der Waals surface area contributed by atoms with Crippen molar-refractivity contribution in [3.05, 3.63) is 0 Å². The Kier molecular flexibility index (Phi) is 6.71. The summed E-state index contributed by atoms with van der Waals surface area (Å²) in [6, 6.07) is -0.458. The molecule has 0 spiro atoms. The maximum absolute atomic E-state index is 11.4. The average Bonchev–Trinajstić information content (AvgIpc) is 2.15. The predicted octanol–water partition coefficient (Wildman–Crippen LogP) is -1.44. The van der Waals surface area contributed by atoms with E-state index in [0.29, 0.717) is 19.4 Å². The standard InChI is InChI=1S/C7H18N3O4P/c1-9-6(3-2-4-8)7(11)10-5-15(12,13)14/h6,9H,2-5,8H2,1H3,(H,10,11)(H2,12,13,14)/t6-/m0/s1. The van der Waals surface area contributed by atoms with Gasteiger partial charge in [-0.05, 0) is 26.4 Å². The number of amides is 1. The third-order valence-corrected chi connectivity index (χ3v) is 2.39. The van der Waals surface area contributed by atoms with Gasteiger partial charge in [0.2, 0.25) is 5.91 Å². The largest absolute Gasteiger partial charge is 0.344 e. The normalized spacial score (nSPS) is 13.6. The van der Waals surface area contributed by atoms with Crippen LogP contribution in [0.5, 0.6) is 0 Å². The van der Waals surface area contributed by atoms with E-state index in [-0.39, 0.29) is 0 Å². The Morgan fingerprint density at radius 2 is 2.13 bits per heavy atom. The van der Waals surface area contributed by atoms with Crippen molar-refractivity contribution in [2.75, 3.05) is 19.9 Å². The van der Waals surface area contributed by atoms with Crippen molar-refractivity contribution in [2.45, 2.75) is 18.9 Å². The third kappa shape index (κ3) is 7.47. The molecule has 90 valence electrons. The quantitative estimate of drug-likeness (QED) is 0.347. The summed E-state index contributed by atoms with van der Waals surface area (Å²) in [6.45, 7) is 0.476. The van der Waals surface area contributed by atoms with E-state index in [9.17, 15) is 9.36 Å². The molecule has 0 aliphatic carbocycles. The van der Waals surface area contributed by atoms with Gasteiger partial charge in [-0.2, -0.15) is 0 Å². The summed E-state index contributed by atoms with van der Waals surface area (Å²) in [4.78, 5) is 28.5. The zero-order chi connectivity index (χ0) is 11.9. The molecule has 0 bridgehead atoms. The minimum Gasteiger partial charge on any atom is -0.343 e. The van der Waals surface area contributed by atoms with Crippen molar-refractivity contribution >= 4 is 13.5 Å². The van der Waals surface area contributed by atoms with Crippen LogP contribution in [0.3, 0.4) is 0 Å². The lowest BCUT2D eigenvalue weighted by molar-refractivity contribution is -0.122. The van der Waals surface area contributed by atoms with Gasteiger partial charge in [0.15, 0.2) is 0 Å². The number of rotatable bonds is 7. The molecule has 8 heteroatoms. The van der Waals surface area contributed by atoms with Gasteiger partial charge in [0.1, 0.15) is 6.29 Å². The Hall–Kier alpha value is -0.460. The first-order valence-electron chi connectivity index (χ1n) is 4.60. The van der Waals surface area contributed by atoms with Gasteiger partial charge in [-0.25, -0.2) is 0 Å². The molecule has 15 heavy (non-hydrogen) atoms. The van der Waals surface area contributed by atoms with Crippen LogP contribution in [0.15, 0.2) is 0 Å². The summed E-state index contributed by atoms with van der Waals surface area (Å²) in [7, 11) is -2.57. The molecule has 0 heterocycles. The van der Waals surface area contributed by atoms with Crippen molar-refractivity contribution in [3.63, 3.8) is 0 Å². The van der Waals surface area contributed by atoms with E-state index in [1.807, 2.05) is 0 Å². The molecule has 1 amide bonds.